The van der Waals surface area contributed by atoms with E-state index in [-0.39, 0.29) is 25.2 Å². The average Bonchev–Trinajstić information content (AvgIpc) is 3.12. The molecule has 0 saturated carbocycles. The molecule has 54 heavy (non-hydrogen) atoms. The fraction of sp³-hybridized carbons (Fsp3) is 0.769. The third-order valence-electron chi connectivity index (χ3n) is 10.8. The number of ketones is 1. The lowest BCUT2D eigenvalue weighted by Crippen LogP contribution is -2.63. The van der Waals surface area contributed by atoms with Gasteiger partial charge in [-0.1, -0.05) is 38.5 Å². The van der Waals surface area contributed by atoms with Crippen molar-refractivity contribution >= 4 is 18.0 Å². The van der Waals surface area contributed by atoms with Gasteiger partial charge < -0.3 is 63.3 Å². The lowest BCUT2D eigenvalue weighted by atomic mass is 9.81. The van der Waals surface area contributed by atoms with Crippen LogP contribution >= 0.6 is 0 Å². The molecule has 16 atom stereocenters. The van der Waals surface area contributed by atoms with Crippen molar-refractivity contribution in [1.29, 1.82) is 0 Å². The van der Waals surface area contributed by atoms with Gasteiger partial charge in [0.05, 0.1) is 43.1 Å². The third kappa shape index (κ3) is 11.5. The zero-order chi connectivity index (χ0) is 40.4. The van der Waals surface area contributed by atoms with E-state index in [0.717, 1.165) is 6.08 Å². The number of aldehydes is 1. The minimum absolute atomic E-state index is 0.00867. The molecular formula is C39H63NO14. The highest BCUT2D eigenvalue weighted by molar-refractivity contribution is 5.91. The van der Waals surface area contributed by atoms with Crippen LogP contribution < -0.4 is 0 Å². The van der Waals surface area contributed by atoms with Gasteiger partial charge in [0, 0.05) is 38.4 Å². The van der Waals surface area contributed by atoms with Crippen molar-refractivity contribution in [3.8, 4) is 0 Å². The lowest BCUT2D eigenvalue weighted by Gasteiger charge is -2.46. The van der Waals surface area contributed by atoms with Crippen molar-refractivity contribution in [1.82, 2.24) is 4.90 Å². The molecule has 2 fully saturated rings. The standard InChI is InChI=1S/C39H63NO14/c1-11-29-26(19-50-39-37(49-10)36(48-9)33(46)24(6)52-39)16-20(2)12-13-27(42)21(3)17-25(14-15-41)35(22(4)28(43)18-30(44)53-29)54-38-34(47)31(40(7)8)32(45)23(5)51-38/h12-13,15-16,18,21-26,29,31-39,43,45-47H,11,14,17,19H2,1-10H3/b13-12+,20-16+,28-18+/t21-,22+,23?,24?,25+,26-,29-,31?,32?,33?,34?,35-,36?,37?,38?,39?/m1/s1. The predicted molar refractivity (Wildman–Crippen MR) is 196 cm³/mol. The highest BCUT2D eigenvalue weighted by Gasteiger charge is 2.48. The second-order valence-electron chi connectivity index (χ2n) is 15.0. The molecule has 3 heterocycles. The van der Waals surface area contributed by atoms with Gasteiger partial charge in [0.25, 0.3) is 0 Å². The quantitative estimate of drug-likeness (QED) is 0.176. The summed E-state index contributed by atoms with van der Waals surface area (Å²) < 4.78 is 41.5. The maximum atomic E-state index is 13.5. The number of cyclic esters (lactones) is 1. The highest BCUT2D eigenvalue weighted by Crippen LogP contribution is 2.35. The summed E-state index contributed by atoms with van der Waals surface area (Å²) in [5, 5.41) is 44.1. The van der Waals surface area contributed by atoms with E-state index in [0.29, 0.717) is 18.3 Å². The van der Waals surface area contributed by atoms with Crippen molar-refractivity contribution < 1.29 is 68.0 Å². The van der Waals surface area contributed by atoms with Gasteiger partial charge in [-0.15, -0.1) is 0 Å². The molecule has 10 unspecified atom stereocenters. The van der Waals surface area contributed by atoms with E-state index in [9.17, 15) is 34.8 Å². The number of carbonyl (C=O) groups excluding carboxylic acids is 3. The maximum Gasteiger partial charge on any atom is 0.334 e. The molecule has 3 aliphatic rings. The molecule has 4 N–H and O–H groups in total. The van der Waals surface area contributed by atoms with Gasteiger partial charge in [-0.3, -0.25) is 4.79 Å². The Bertz CT molecular complexity index is 1320. The number of aliphatic hydroxyl groups is 4. The van der Waals surface area contributed by atoms with Crippen LogP contribution in [0.2, 0.25) is 0 Å². The summed E-state index contributed by atoms with van der Waals surface area (Å²) >= 11 is 0. The molecule has 0 aromatic carbocycles. The Kier molecular flexibility index (Phi) is 17.9. The molecule has 3 aliphatic heterocycles. The van der Waals surface area contributed by atoms with Crippen LogP contribution in [0.3, 0.4) is 0 Å². The van der Waals surface area contributed by atoms with Gasteiger partial charge in [-0.25, -0.2) is 4.79 Å². The molecule has 0 amide bonds. The van der Waals surface area contributed by atoms with E-state index >= 15 is 0 Å². The zero-order valence-corrected chi connectivity index (χ0v) is 33.3. The summed E-state index contributed by atoms with van der Waals surface area (Å²) in [5.41, 5.74) is 0.685. The molecule has 0 aromatic heterocycles. The topological polar surface area (TPSA) is 200 Å². The summed E-state index contributed by atoms with van der Waals surface area (Å²) in [6, 6.07) is -0.754. The number of likely N-dealkylation sites (N-methyl/N-ethyl adjacent to an activating group) is 1. The molecule has 0 bridgehead atoms. The zero-order valence-electron chi connectivity index (χ0n) is 33.3. The van der Waals surface area contributed by atoms with Gasteiger partial charge in [-0.05, 0) is 59.7 Å². The summed E-state index contributed by atoms with van der Waals surface area (Å²) in [6.45, 7) is 10.3. The molecule has 3 rings (SSSR count). The Hall–Kier alpha value is -2.57. The van der Waals surface area contributed by atoms with E-state index in [1.807, 2.05) is 13.0 Å². The number of methoxy groups -OCH3 is 2. The Morgan fingerprint density at radius 3 is 2.13 bits per heavy atom. The van der Waals surface area contributed by atoms with Crippen LogP contribution in [0.4, 0.5) is 0 Å². The van der Waals surface area contributed by atoms with Crippen molar-refractivity contribution in [2.75, 3.05) is 34.9 Å². The molecule has 15 heteroatoms. The summed E-state index contributed by atoms with van der Waals surface area (Å²) in [4.78, 5) is 40.7. The number of aliphatic hydroxyl groups excluding tert-OH is 4. The van der Waals surface area contributed by atoms with Gasteiger partial charge in [0.15, 0.2) is 18.4 Å². The molecular weight excluding hydrogens is 706 g/mol. The first-order valence-electron chi connectivity index (χ1n) is 18.8. The van der Waals surface area contributed by atoms with Crippen molar-refractivity contribution in [3.63, 3.8) is 0 Å². The first-order valence-corrected chi connectivity index (χ1v) is 18.8. The van der Waals surface area contributed by atoms with Crippen molar-refractivity contribution in [2.24, 2.45) is 23.7 Å². The third-order valence-corrected chi connectivity index (χ3v) is 10.8. The van der Waals surface area contributed by atoms with Crippen LogP contribution in [0.1, 0.15) is 60.8 Å². The minimum Gasteiger partial charge on any atom is -0.512 e. The van der Waals surface area contributed by atoms with Crippen LogP contribution in [-0.2, 0) is 47.5 Å². The fourth-order valence-corrected chi connectivity index (χ4v) is 7.54. The summed E-state index contributed by atoms with van der Waals surface area (Å²) in [7, 11) is 6.33. The van der Waals surface area contributed by atoms with E-state index in [1.54, 1.807) is 59.7 Å². The summed E-state index contributed by atoms with van der Waals surface area (Å²) in [6.07, 6.45) is -3.05. The maximum absolute atomic E-state index is 13.5. The number of rotatable bonds is 11. The molecule has 0 aromatic rings. The molecule has 0 aliphatic carbocycles. The Labute approximate surface area is 319 Å². The van der Waals surface area contributed by atoms with Crippen LogP contribution in [0.15, 0.2) is 35.6 Å². The highest BCUT2D eigenvalue weighted by atomic mass is 16.7. The number of carbonyl (C=O) groups is 3. The largest absolute Gasteiger partial charge is 0.512 e. The van der Waals surface area contributed by atoms with Crippen molar-refractivity contribution in [3.05, 3.63) is 35.6 Å². The van der Waals surface area contributed by atoms with Gasteiger partial charge in [0.1, 0.15) is 42.6 Å². The monoisotopic (exact) mass is 769 g/mol. The normalized spacial score (nSPS) is 43.1. The van der Waals surface area contributed by atoms with E-state index in [4.69, 9.17) is 33.2 Å². The van der Waals surface area contributed by atoms with Gasteiger partial charge >= 0.3 is 5.97 Å². The number of hydrogen-bond donors (Lipinski definition) is 4. The molecule has 308 valence electrons. The second-order valence-corrected chi connectivity index (χ2v) is 15.0. The number of ether oxygens (including phenoxy) is 7. The molecule has 0 radical (unpaired) electrons. The first kappa shape index (κ1) is 45.8. The van der Waals surface area contributed by atoms with Crippen LogP contribution in [0, 0.1) is 23.7 Å². The Balaban J connectivity index is 2.00. The summed E-state index contributed by atoms with van der Waals surface area (Å²) in [5.74, 6) is -4.18. The number of nitrogens with zero attached hydrogens (tertiary/aromatic N) is 1. The smallest absolute Gasteiger partial charge is 0.334 e. The number of hydrogen-bond acceptors (Lipinski definition) is 15. The molecule has 15 nitrogen and oxygen atoms in total. The average molecular weight is 770 g/mol. The molecule has 0 spiro atoms. The van der Waals surface area contributed by atoms with Crippen LogP contribution in [0.5, 0.6) is 0 Å². The van der Waals surface area contributed by atoms with Gasteiger partial charge in [0.2, 0.25) is 0 Å². The fourth-order valence-electron chi connectivity index (χ4n) is 7.54. The van der Waals surface area contributed by atoms with Crippen LogP contribution in [-0.4, -0.2) is 152 Å². The number of allylic oxidation sites excluding steroid dienone is 3. The molecule has 2 saturated heterocycles. The van der Waals surface area contributed by atoms with Gasteiger partial charge in [-0.2, -0.15) is 0 Å². The second kappa shape index (κ2) is 21.1. The van der Waals surface area contributed by atoms with Crippen LogP contribution in [0.25, 0.3) is 0 Å². The predicted octanol–water partition coefficient (Wildman–Crippen LogP) is 2.25. The SMILES string of the molecule is CC[C@H]1OC(=O)/C=C(/O)[C@H](C)[C@@H](OC2OC(C)C(O)C(N(C)C)C2O)[C@@H](CC=O)C[C@@H](C)C(=O)/C=C/C(C)=C/[C@@H]1COC1OC(C)C(O)C(OC)C1OC. The number of esters is 1. The Morgan fingerprint density at radius 1 is 0.907 bits per heavy atom. The van der Waals surface area contributed by atoms with E-state index in [1.165, 1.54) is 20.3 Å². The van der Waals surface area contributed by atoms with E-state index < -0.39 is 109 Å². The minimum atomic E-state index is -1.32. The Morgan fingerprint density at radius 2 is 1.54 bits per heavy atom. The van der Waals surface area contributed by atoms with Crippen molar-refractivity contribution in [2.45, 2.75) is 134 Å². The van der Waals surface area contributed by atoms with E-state index in [2.05, 4.69) is 0 Å². The lowest BCUT2D eigenvalue weighted by molar-refractivity contribution is -0.304. The first-order chi connectivity index (χ1) is 25.5.